The minimum atomic E-state index is -1.14. The van der Waals surface area contributed by atoms with Gasteiger partial charge in [0.2, 0.25) is 5.91 Å². The molecular formula is C19H26N4O3. The molecule has 0 saturated carbocycles. The van der Waals surface area contributed by atoms with Crippen molar-refractivity contribution in [2.24, 2.45) is 0 Å². The molecule has 2 heterocycles. The van der Waals surface area contributed by atoms with E-state index >= 15 is 0 Å². The van der Waals surface area contributed by atoms with Crippen LogP contribution in [0.3, 0.4) is 0 Å². The predicted octanol–water partition coefficient (Wildman–Crippen LogP) is 0.972. The first-order chi connectivity index (χ1) is 12.4. The number of likely N-dealkylation sites (tertiary alicyclic amines) is 1. The van der Waals surface area contributed by atoms with Gasteiger partial charge in [0, 0.05) is 19.1 Å². The maximum absolute atomic E-state index is 12.9. The van der Waals surface area contributed by atoms with Gasteiger partial charge in [-0.3, -0.25) is 14.5 Å². The summed E-state index contributed by atoms with van der Waals surface area (Å²) in [6.45, 7) is 4.81. The summed E-state index contributed by atoms with van der Waals surface area (Å²) in [5.41, 5.74) is 0.650. The number of carbonyl (C=O) groups is 3. The van der Waals surface area contributed by atoms with Gasteiger partial charge in [-0.2, -0.15) is 0 Å². The molecule has 7 heteroatoms. The molecular weight excluding hydrogens is 332 g/mol. The largest absolute Gasteiger partial charge is 0.337 e. The third-order valence-electron chi connectivity index (χ3n) is 5.33. The summed E-state index contributed by atoms with van der Waals surface area (Å²) in [6, 6.07) is 7.08. The highest BCUT2D eigenvalue weighted by molar-refractivity contribution is 6.09. The average molecular weight is 358 g/mol. The second-order valence-electron chi connectivity index (χ2n) is 7.25. The van der Waals surface area contributed by atoms with Crippen molar-refractivity contribution < 1.29 is 14.4 Å². The summed E-state index contributed by atoms with van der Waals surface area (Å²) in [5.74, 6) is -0.566. The molecule has 0 aliphatic carbocycles. The SMILES string of the molecule is CNCC1CCCN1C(=O)CN1C(=O)NC(C)(c2ccc(C)cc2)C1=O. The molecule has 0 bridgehead atoms. The van der Waals surface area contributed by atoms with Crippen LogP contribution in [-0.4, -0.2) is 60.4 Å². The van der Waals surface area contributed by atoms with E-state index in [2.05, 4.69) is 10.6 Å². The van der Waals surface area contributed by atoms with Crippen LogP contribution in [0.2, 0.25) is 0 Å². The third-order valence-corrected chi connectivity index (χ3v) is 5.33. The van der Waals surface area contributed by atoms with Crippen molar-refractivity contribution in [3.05, 3.63) is 35.4 Å². The number of hydrogen-bond donors (Lipinski definition) is 2. The van der Waals surface area contributed by atoms with Gasteiger partial charge in [0.25, 0.3) is 5.91 Å². The van der Waals surface area contributed by atoms with Crippen LogP contribution in [0.5, 0.6) is 0 Å². The van der Waals surface area contributed by atoms with Crippen molar-refractivity contribution in [2.75, 3.05) is 26.7 Å². The number of amides is 4. The first kappa shape index (κ1) is 18.4. The van der Waals surface area contributed by atoms with Crippen molar-refractivity contribution in [3.8, 4) is 0 Å². The molecule has 2 N–H and O–H groups in total. The van der Waals surface area contributed by atoms with E-state index in [4.69, 9.17) is 0 Å². The number of nitrogens with zero attached hydrogens (tertiary/aromatic N) is 2. The van der Waals surface area contributed by atoms with E-state index < -0.39 is 11.6 Å². The Morgan fingerprint density at radius 2 is 2.00 bits per heavy atom. The van der Waals surface area contributed by atoms with E-state index in [9.17, 15) is 14.4 Å². The fraction of sp³-hybridized carbons (Fsp3) is 0.526. The van der Waals surface area contributed by atoms with Crippen LogP contribution in [0.1, 0.15) is 30.9 Å². The van der Waals surface area contributed by atoms with Crippen molar-refractivity contribution in [1.29, 1.82) is 0 Å². The van der Waals surface area contributed by atoms with Crippen LogP contribution in [0.25, 0.3) is 0 Å². The zero-order valence-electron chi connectivity index (χ0n) is 15.5. The number of carbonyl (C=O) groups excluding carboxylic acids is 3. The summed E-state index contributed by atoms with van der Waals surface area (Å²) in [7, 11) is 1.85. The van der Waals surface area contributed by atoms with Gasteiger partial charge in [0.15, 0.2) is 0 Å². The molecule has 3 rings (SSSR count). The number of likely N-dealkylation sites (N-methyl/N-ethyl adjacent to an activating group) is 1. The van der Waals surface area contributed by atoms with Gasteiger partial charge in [-0.25, -0.2) is 4.79 Å². The number of urea groups is 1. The standard InChI is InChI=1S/C19H26N4O3/c1-13-6-8-14(9-7-13)19(2)17(25)23(18(26)21-19)12-16(24)22-10-4-5-15(22)11-20-3/h6-9,15,20H,4-5,10-12H2,1-3H3,(H,21,26). The highest BCUT2D eigenvalue weighted by atomic mass is 16.2. The first-order valence-corrected chi connectivity index (χ1v) is 9.02. The normalized spacial score (nSPS) is 25.7. The smallest absolute Gasteiger partial charge is 0.325 e. The number of nitrogens with one attached hydrogen (secondary N) is 2. The zero-order chi connectivity index (χ0) is 18.9. The number of aryl methyl sites for hydroxylation is 1. The van der Waals surface area contributed by atoms with Crippen LogP contribution in [-0.2, 0) is 15.1 Å². The molecule has 2 aliphatic heterocycles. The average Bonchev–Trinajstić information content (AvgIpc) is 3.15. The van der Waals surface area contributed by atoms with Crippen molar-refractivity contribution in [3.63, 3.8) is 0 Å². The van der Waals surface area contributed by atoms with Crippen LogP contribution in [0, 0.1) is 6.92 Å². The molecule has 4 amide bonds. The molecule has 1 aromatic carbocycles. The molecule has 2 fully saturated rings. The molecule has 1 aromatic rings. The Balaban J connectivity index is 1.75. The fourth-order valence-corrected chi connectivity index (χ4v) is 3.76. The van der Waals surface area contributed by atoms with Crippen molar-refractivity contribution in [2.45, 2.75) is 38.3 Å². The van der Waals surface area contributed by atoms with Crippen LogP contribution in [0.4, 0.5) is 4.79 Å². The summed E-state index contributed by atoms with van der Waals surface area (Å²) < 4.78 is 0. The molecule has 140 valence electrons. The zero-order valence-corrected chi connectivity index (χ0v) is 15.5. The quantitative estimate of drug-likeness (QED) is 0.769. The van der Waals surface area contributed by atoms with E-state index in [1.165, 1.54) is 0 Å². The second kappa shape index (κ2) is 7.07. The molecule has 0 spiro atoms. The topological polar surface area (TPSA) is 81.8 Å². The maximum Gasteiger partial charge on any atom is 0.325 e. The van der Waals surface area contributed by atoms with E-state index in [0.717, 1.165) is 23.3 Å². The lowest BCUT2D eigenvalue weighted by atomic mass is 9.91. The van der Waals surface area contributed by atoms with E-state index in [-0.39, 0.29) is 24.4 Å². The molecule has 2 aliphatic rings. The fourth-order valence-electron chi connectivity index (χ4n) is 3.76. The van der Waals surface area contributed by atoms with Gasteiger partial charge in [-0.05, 0) is 39.3 Å². The van der Waals surface area contributed by atoms with Crippen LogP contribution >= 0.6 is 0 Å². The number of hydrogen-bond acceptors (Lipinski definition) is 4. The minimum Gasteiger partial charge on any atom is -0.337 e. The Morgan fingerprint density at radius 3 is 2.65 bits per heavy atom. The number of imide groups is 1. The molecule has 2 atom stereocenters. The van der Waals surface area contributed by atoms with E-state index in [0.29, 0.717) is 18.7 Å². The summed E-state index contributed by atoms with van der Waals surface area (Å²) in [5, 5.41) is 5.84. The van der Waals surface area contributed by atoms with Gasteiger partial charge in [0.1, 0.15) is 12.1 Å². The highest BCUT2D eigenvalue weighted by Gasteiger charge is 2.50. The summed E-state index contributed by atoms with van der Waals surface area (Å²) in [6.07, 6.45) is 1.88. The molecule has 7 nitrogen and oxygen atoms in total. The van der Waals surface area contributed by atoms with Gasteiger partial charge < -0.3 is 15.5 Å². The molecule has 2 unspecified atom stereocenters. The molecule has 26 heavy (non-hydrogen) atoms. The molecule has 0 radical (unpaired) electrons. The second-order valence-corrected chi connectivity index (χ2v) is 7.25. The first-order valence-electron chi connectivity index (χ1n) is 9.02. The van der Waals surface area contributed by atoms with Crippen molar-refractivity contribution >= 4 is 17.8 Å². The van der Waals surface area contributed by atoms with Gasteiger partial charge in [-0.1, -0.05) is 29.8 Å². The molecule has 2 saturated heterocycles. The Hall–Kier alpha value is -2.41. The Labute approximate surface area is 153 Å². The number of benzene rings is 1. The van der Waals surface area contributed by atoms with Crippen molar-refractivity contribution in [1.82, 2.24) is 20.4 Å². The number of rotatable bonds is 5. The van der Waals surface area contributed by atoms with E-state index in [1.54, 1.807) is 11.8 Å². The Kier molecular flexibility index (Phi) is 5.00. The third kappa shape index (κ3) is 3.19. The lowest BCUT2D eigenvalue weighted by Crippen LogP contribution is -2.47. The maximum atomic E-state index is 12.9. The highest BCUT2D eigenvalue weighted by Crippen LogP contribution is 2.29. The van der Waals surface area contributed by atoms with E-state index in [1.807, 2.05) is 38.2 Å². The Bertz CT molecular complexity index is 718. The van der Waals surface area contributed by atoms with Gasteiger partial charge in [-0.15, -0.1) is 0 Å². The summed E-state index contributed by atoms with van der Waals surface area (Å²) >= 11 is 0. The minimum absolute atomic E-state index is 0.122. The lowest BCUT2D eigenvalue weighted by Gasteiger charge is -2.26. The summed E-state index contributed by atoms with van der Waals surface area (Å²) in [4.78, 5) is 40.9. The van der Waals surface area contributed by atoms with Gasteiger partial charge in [0.05, 0.1) is 0 Å². The van der Waals surface area contributed by atoms with Crippen LogP contribution in [0.15, 0.2) is 24.3 Å². The lowest BCUT2D eigenvalue weighted by molar-refractivity contribution is -0.139. The van der Waals surface area contributed by atoms with Crippen LogP contribution < -0.4 is 10.6 Å². The predicted molar refractivity (Wildman–Crippen MR) is 97.4 cm³/mol. The monoisotopic (exact) mass is 358 g/mol. The Morgan fingerprint density at radius 1 is 1.31 bits per heavy atom. The molecule has 0 aromatic heterocycles. The van der Waals surface area contributed by atoms with Gasteiger partial charge >= 0.3 is 6.03 Å².